The smallest absolute Gasteiger partial charge is 0.0506 e. The van der Waals surface area contributed by atoms with E-state index < -0.39 is 0 Å². The van der Waals surface area contributed by atoms with Gasteiger partial charge in [-0.2, -0.15) is 0 Å². The maximum atomic E-state index is 5.61. The molecule has 120 valence electrons. The topological polar surface area (TPSA) is 24.5 Å². The third-order valence-electron chi connectivity index (χ3n) is 4.82. The molecule has 0 amide bonds. The predicted molar refractivity (Wildman–Crippen MR) is 87.2 cm³/mol. The van der Waals surface area contributed by atoms with Gasteiger partial charge >= 0.3 is 0 Å². The van der Waals surface area contributed by atoms with E-state index in [1.54, 1.807) is 0 Å². The van der Waals surface area contributed by atoms with E-state index in [-0.39, 0.29) is 0 Å². The molecule has 0 saturated carbocycles. The van der Waals surface area contributed by atoms with Crippen molar-refractivity contribution < 1.29 is 4.74 Å². The van der Waals surface area contributed by atoms with Crippen molar-refractivity contribution in [2.45, 2.75) is 59.4 Å². The highest BCUT2D eigenvalue weighted by molar-refractivity contribution is 4.83. The van der Waals surface area contributed by atoms with Gasteiger partial charge in [-0.1, -0.05) is 27.7 Å². The molecule has 3 nitrogen and oxygen atoms in total. The summed E-state index contributed by atoms with van der Waals surface area (Å²) in [6.45, 7) is 14.6. The van der Waals surface area contributed by atoms with Crippen LogP contribution in [0.2, 0.25) is 0 Å². The number of hydrogen-bond acceptors (Lipinski definition) is 3. The highest BCUT2D eigenvalue weighted by Gasteiger charge is 2.28. The summed E-state index contributed by atoms with van der Waals surface area (Å²) < 4.78 is 5.61. The fraction of sp³-hybridized carbons (Fsp3) is 1.00. The summed E-state index contributed by atoms with van der Waals surface area (Å²) in [7, 11) is 2.28. The summed E-state index contributed by atoms with van der Waals surface area (Å²) in [5.74, 6) is 0.734. The molecule has 0 aromatic rings. The van der Waals surface area contributed by atoms with Gasteiger partial charge in [0, 0.05) is 32.3 Å². The molecule has 0 bridgehead atoms. The van der Waals surface area contributed by atoms with Crippen molar-refractivity contribution in [2.75, 3.05) is 39.9 Å². The van der Waals surface area contributed by atoms with Gasteiger partial charge in [-0.05, 0) is 44.1 Å². The Bertz CT molecular complexity index is 245. The van der Waals surface area contributed by atoms with Crippen LogP contribution in [0.3, 0.4) is 0 Å². The molecule has 1 unspecified atom stereocenters. The molecule has 0 aromatic heterocycles. The van der Waals surface area contributed by atoms with Crippen LogP contribution in [-0.2, 0) is 4.74 Å². The molecule has 1 fully saturated rings. The monoisotopic (exact) mass is 284 g/mol. The van der Waals surface area contributed by atoms with Crippen LogP contribution in [0.1, 0.15) is 53.4 Å². The Morgan fingerprint density at radius 2 is 2.00 bits per heavy atom. The van der Waals surface area contributed by atoms with E-state index in [0.717, 1.165) is 25.7 Å². The predicted octanol–water partition coefficient (Wildman–Crippen LogP) is 3.15. The van der Waals surface area contributed by atoms with Gasteiger partial charge in [0.15, 0.2) is 0 Å². The first-order valence-corrected chi connectivity index (χ1v) is 8.51. The van der Waals surface area contributed by atoms with Gasteiger partial charge in [0.1, 0.15) is 0 Å². The average molecular weight is 284 g/mol. The molecule has 3 heteroatoms. The Balaban J connectivity index is 2.45. The number of nitrogens with one attached hydrogen (secondary N) is 1. The zero-order valence-corrected chi connectivity index (χ0v) is 14.4. The van der Waals surface area contributed by atoms with Gasteiger partial charge in [-0.15, -0.1) is 0 Å². The molecule has 1 rings (SSSR count). The first-order chi connectivity index (χ1) is 9.51. The van der Waals surface area contributed by atoms with Crippen LogP contribution in [0.5, 0.6) is 0 Å². The van der Waals surface area contributed by atoms with Crippen LogP contribution in [0.15, 0.2) is 0 Å². The summed E-state index contributed by atoms with van der Waals surface area (Å²) >= 11 is 0. The summed E-state index contributed by atoms with van der Waals surface area (Å²) in [4.78, 5) is 2.54. The van der Waals surface area contributed by atoms with Crippen LogP contribution in [0, 0.1) is 11.3 Å². The fourth-order valence-electron chi connectivity index (χ4n) is 3.23. The lowest BCUT2D eigenvalue weighted by Crippen LogP contribution is -2.45. The van der Waals surface area contributed by atoms with Gasteiger partial charge in [-0.3, -0.25) is 0 Å². The second-order valence-electron chi connectivity index (χ2n) is 7.02. The molecule has 1 aliphatic rings. The highest BCUT2D eigenvalue weighted by atomic mass is 16.5. The van der Waals surface area contributed by atoms with Crippen molar-refractivity contribution in [2.24, 2.45) is 11.3 Å². The quantitative estimate of drug-likeness (QED) is 0.704. The van der Waals surface area contributed by atoms with Gasteiger partial charge in [0.2, 0.25) is 0 Å². The van der Waals surface area contributed by atoms with Crippen molar-refractivity contribution in [3.63, 3.8) is 0 Å². The van der Waals surface area contributed by atoms with E-state index >= 15 is 0 Å². The molecule has 1 heterocycles. The van der Waals surface area contributed by atoms with Crippen LogP contribution >= 0.6 is 0 Å². The van der Waals surface area contributed by atoms with E-state index in [4.69, 9.17) is 4.74 Å². The summed E-state index contributed by atoms with van der Waals surface area (Å²) in [6, 6.07) is 0.574. The standard InChI is InChI=1S/C17H36N2O/c1-6-17(7-2,13-18-15(3)4)14-19(5)11-16-9-8-10-20-12-16/h15-16,18H,6-14H2,1-5H3. The van der Waals surface area contributed by atoms with E-state index in [2.05, 4.69) is 45.0 Å². The van der Waals surface area contributed by atoms with Gasteiger partial charge in [0.05, 0.1) is 6.61 Å². The summed E-state index contributed by atoms with van der Waals surface area (Å²) in [5, 5.41) is 3.65. The van der Waals surface area contributed by atoms with E-state index in [1.165, 1.54) is 38.8 Å². The molecular formula is C17H36N2O. The van der Waals surface area contributed by atoms with Crippen molar-refractivity contribution in [3.05, 3.63) is 0 Å². The lowest BCUT2D eigenvalue weighted by atomic mass is 9.81. The molecule has 1 aliphatic heterocycles. The van der Waals surface area contributed by atoms with Crippen LogP contribution in [0.4, 0.5) is 0 Å². The maximum absolute atomic E-state index is 5.61. The minimum absolute atomic E-state index is 0.411. The first kappa shape index (κ1) is 17.9. The van der Waals surface area contributed by atoms with E-state index in [0.29, 0.717) is 11.5 Å². The second-order valence-corrected chi connectivity index (χ2v) is 7.02. The van der Waals surface area contributed by atoms with Crippen molar-refractivity contribution in [1.29, 1.82) is 0 Å². The van der Waals surface area contributed by atoms with Crippen LogP contribution in [0.25, 0.3) is 0 Å². The number of hydrogen-bond donors (Lipinski definition) is 1. The summed E-state index contributed by atoms with van der Waals surface area (Å²) in [6.07, 6.45) is 5.06. The lowest BCUT2D eigenvalue weighted by Gasteiger charge is -2.38. The molecule has 20 heavy (non-hydrogen) atoms. The van der Waals surface area contributed by atoms with E-state index in [1.807, 2.05) is 0 Å². The minimum atomic E-state index is 0.411. The number of nitrogens with zero attached hydrogens (tertiary/aromatic N) is 1. The highest BCUT2D eigenvalue weighted by Crippen LogP contribution is 2.27. The van der Waals surface area contributed by atoms with E-state index in [9.17, 15) is 0 Å². The maximum Gasteiger partial charge on any atom is 0.0506 e. The average Bonchev–Trinajstić information content (AvgIpc) is 2.44. The van der Waals surface area contributed by atoms with Crippen LogP contribution in [-0.4, -0.2) is 50.8 Å². The fourth-order valence-corrected chi connectivity index (χ4v) is 3.23. The Kier molecular flexibility index (Phi) is 8.08. The van der Waals surface area contributed by atoms with Crippen molar-refractivity contribution in [3.8, 4) is 0 Å². The van der Waals surface area contributed by atoms with Gasteiger partial charge < -0.3 is 15.0 Å². The third-order valence-corrected chi connectivity index (χ3v) is 4.82. The van der Waals surface area contributed by atoms with Gasteiger partial charge in [-0.25, -0.2) is 0 Å². The Morgan fingerprint density at radius 3 is 2.50 bits per heavy atom. The molecule has 1 atom stereocenters. The van der Waals surface area contributed by atoms with Gasteiger partial charge in [0.25, 0.3) is 0 Å². The SMILES string of the molecule is CCC(CC)(CNC(C)C)CN(C)CC1CCCOC1. The zero-order chi connectivity index (χ0) is 15.0. The normalized spacial score (nSPS) is 20.9. The molecule has 1 saturated heterocycles. The zero-order valence-electron chi connectivity index (χ0n) is 14.4. The molecular weight excluding hydrogens is 248 g/mol. The molecule has 0 radical (unpaired) electrons. The Labute approximate surface area is 126 Å². The Hall–Kier alpha value is -0.120. The summed E-state index contributed by atoms with van der Waals surface area (Å²) in [5.41, 5.74) is 0.411. The lowest BCUT2D eigenvalue weighted by molar-refractivity contribution is 0.0343. The minimum Gasteiger partial charge on any atom is -0.381 e. The molecule has 0 spiro atoms. The molecule has 1 N–H and O–H groups in total. The number of ether oxygens (including phenoxy) is 1. The second kappa shape index (κ2) is 9.01. The van der Waals surface area contributed by atoms with Crippen molar-refractivity contribution >= 4 is 0 Å². The van der Waals surface area contributed by atoms with Crippen molar-refractivity contribution in [1.82, 2.24) is 10.2 Å². The third kappa shape index (κ3) is 6.11. The largest absolute Gasteiger partial charge is 0.381 e. The Morgan fingerprint density at radius 1 is 1.30 bits per heavy atom. The molecule has 0 aromatic carbocycles. The first-order valence-electron chi connectivity index (χ1n) is 8.51. The molecule has 0 aliphatic carbocycles. The van der Waals surface area contributed by atoms with Crippen LogP contribution < -0.4 is 5.32 Å². The number of rotatable bonds is 9.